The summed E-state index contributed by atoms with van der Waals surface area (Å²) in [6.07, 6.45) is 1.91. The summed E-state index contributed by atoms with van der Waals surface area (Å²) < 4.78 is 10.7. The van der Waals surface area contributed by atoms with Crippen LogP contribution in [0.25, 0.3) is 10.4 Å². The molecule has 0 aliphatic carbocycles. The van der Waals surface area contributed by atoms with Crippen LogP contribution in [0, 0.1) is 0 Å². The Bertz CT molecular complexity index is 848. The maximum atomic E-state index is 5.93. The number of fused-ring (bicyclic) bond motifs is 1. The zero-order valence-corrected chi connectivity index (χ0v) is 14.4. The summed E-state index contributed by atoms with van der Waals surface area (Å²) in [4.78, 5) is 5.63. The first kappa shape index (κ1) is 15.4. The number of hydrogen-bond acceptors (Lipinski definition) is 5. The van der Waals surface area contributed by atoms with Crippen LogP contribution in [0.3, 0.4) is 0 Å². The highest BCUT2D eigenvalue weighted by atomic mass is 35.5. The molecule has 1 N–H and O–H groups in total. The highest BCUT2D eigenvalue weighted by Gasteiger charge is 2.13. The molecule has 0 unspecified atom stereocenters. The average Bonchev–Trinajstić information content (AvgIpc) is 3.24. The van der Waals surface area contributed by atoms with Crippen LogP contribution in [0.1, 0.15) is 10.6 Å². The molecule has 3 aromatic rings. The molecule has 2 heterocycles. The molecule has 4 nitrogen and oxygen atoms in total. The third kappa shape index (κ3) is 3.38. The molecular formula is C18H15ClN2O2S. The molecule has 6 heteroatoms. The standard InChI is InChI=1S/C18H15ClN2O2S/c19-14-4-2-13(3-5-14)17-9-21-18(24-17)10-20-8-12-1-6-15-16(7-12)23-11-22-15/h1-7,9,20H,8,10-11H2. The van der Waals surface area contributed by atoms with Gasteiger partial charge in [-0.15, -0.1) is 11.3 Å². The van der Waals surface area contributed by atoms with Crippen LogP contribution in [0.2, 0.25) is 5.02 Å². The highest BCUT2D eigenvalue weighted by molar-refractivity contribution is 7.15. The molecule has 1 aliphatic heterocycles. The van der Waals surface area contributed by atoms with Crippen LogP contribution in [0.4, 0.5) is 0 Å². The first-order valence-electron chi connectivity index (χ1n) is 7.58. The van der Waals surface area contributed by atoms with Crippen molar-refractivity contribution in [1.82, 2.24) is 10.3 Å². The van der Waals surface area contributed by atoms with E-state index < -0.39 is 0 Å². The van der Waals surface area contributed by atoms with Crippen LogP contribution in [0.5, 0.6) is 11.5 Å². The second kappa shape index (κ2) is 6.81. The third-order valence-electron chi connectivity index (χ3n) is 3.72. The Morgan fingerprint density at radius 3 is 2.75 bits per heavy atom. The monoisotopic (exact) mass is 358 g/mol. The summed E-state index contributed by atoms with van der Waals surface area (Å²) in [5.74, 6) is 1.62. The number of aromatic nitrogens is 1. The fraction of sp³-hybridized carbons (Fsp3) is 0.167. The van der Waals surface area contributed by atoms with Gasteiger partial charge in [0, 0.05) is 24.3 Å². The highest BCUT2D eigenvalue weighted by Crippen LogP contribution is 2.32. The van der Waals surface area contributed by atoms with Crippen molar-refractivity contribution in [3.8, 4) is 21.9 Å². The Labute approximate surface area is 149 Å². The van der Waals surface area contributed by atoms with Gasteiger partial charge in [-0.05, 0) is 35.4 Å². The van der Waals surface area contributed by atoms with Crippen molar-refractivity contribution in [2.45, 2.75) is 13.1 Å². The predicted octanol–water partition coefficient (Wildman–Crippen LogP) is 4.48. The zero-order valence-electron chi connectivity index (χ0n) is 12.8. The number of thiazole rings is 1. The Morgan fingerprint density at radius 2 is 1.88 bits per heavy atom. The largest absolute Gasteiger partial charge is 0.454 e. The summed E-state index contributed by atoms with van der Waals surface area (Å²) in [5.41, 5.74) is 2.30. The van der Waals surface area contributed by atoms with Gasteiger partial charge in [-0.25, -0.2) is 4.98 Å². The molecule has 0 amide bonds. The van der Waals surface area contributed by atoms with E-state index in [1.54, 1.807) is 11.3 Å². The van der Waals surface area contributed by atoms with E-state index >= 15 is 0 Å². The quantitative estimate of drug-likeness (QED) is 0.730. The van der Waals surface area contributed by atoms with E-state index in [4.69, 9.17) is 21.1 Å². The average molecular weight is 359 g/mol. The van der Waals surface area contributed by atoms with Gasteiger partial charge in [-0.3, -0.25) is 0 Å². The fourth-order valence-corrected chi connectivity index (χ4v) is 3.52. The van der Waals surface area contributed by atoms with Gasteiger partial charge in [0.25, 0.3) is 0 Å². The van der Waals surface area contributed by atoms with E-state index in [1.807, 2.05) is 48.7 Å². The van der Waals surface area contributed by atoms with Crippen LogP contribution in [-0.4, -0.2) is 11.8 Å². The molecule has 122 valence electrons. The van der Waals surface area contributed by atoms with Crippen molar-refractivity contribution < 1.29 is 9.47 Å². The molecule has 0 atom stereocenters. The van der Waals surface area contributed by atoms with Gasteiger partial charge in [-0.1, -0.05) is 29.8 Å². The topological polar surface area (TPSA) is 43.4 Å². The first-order valence-corrected chi connectivity index (χ1v) is 8.77. The summed E-state index contributed by atoms with van der Waals surface area (Å²) >= 11 is 7.61. The lowest BCUT2D eigenvalue weighted by molar-refractivity contribution is 0.174. The van der Waals surface area contributed by atoms with Gasteiger partial charge in [0.15, 0.2) is 11.5 Å². The predicted molar refractivity (Wildman–Crippen MR) is 95.7 cm³/mol. The normalized spacial score (nSPS) is 12.5. The minimum Gasteiger partial charge on any atom is -0.454 e. The number of ether oxygens (including phenoxy) is 2. The van der Waals surface area contributed by atoms with E-state index in [-0.39, 0.29) is 0 Å². The first-order chi connectivity index (χ1) is 11.8. The number of halogens is 1. The van der Waals surface area contributed by atoms with Crippen molar-refractivity contribution >= 4 is 22.9 Å². The minimum atomic E-state index is 0.304. The van der Waals surface area contributed by atoms with Crippen molar-refractivity contribution in [3.05, 3.63) is 64.3 Å². The van der Waals surface area contributed by atoms with Crippen molar-refractivity contribution in [2.75, 3.05) is 6.79 Å². The molecule has 2 aromatic carbocycles. The van der Waals surface area contributed by atoms with E-state index in [2.05, 4.69) is 10.3 Å². The molecule has 4 rings (SSSR count). The smallest absolute Gasteiger partial charge is 0.231 e. The fourth-order valence-electron chi connectivity index (χ4n) is 2.50. The van der Waals surface area contributed by atoms with Gasteiger partial charge < -0.3 is 14.8 Å². The van der Waals surface area contributed by atoms with E-state index in [1.165, 1.54) is 0 Å². The van der Waals surface area contributed by atoms with Gasteiger partial charge in [0.1, 0.15) is 5.01 Å². The van der Waals surface area contributed by atoms with Crippen LogP contribution >= 0.6 is 22.9 Å². The summed E-state index contributed by atoms with van der Waals surface area (Å²) in [7, 11) is 0. The summed E-state index contributed by atoms with van der Waals surface area (Å²) in [6, 6.07) is 13.8. The molecule has 1 aromatic heterocycles. The van der Waals surface area contributed by atoms with E-state index in [0.717, 1.165) is 50.6 Å². The molecule has 0 saturated carbocycles. The van der Waals surface area contributed by atoms with Crippen molar-refractivity contribution in [3.63, 3.8) is 0 Å². The molecule has 0 fully saturated rings. The Balaban J connectivity index is 1.36. The molecule has 0 spiro atoms. The maximum Gasteiger partial charge on any atom is 0.231 e. The second-order valence-electron chi connectivity index (χ2n) is 5.42. The molecule has 0 bridgehead atoms. The SMILES string of the molecule is Clc1ccc(-c2cnc(CNCc3ccc4c(c3)OCO4)s2)cc1. The summed E-state index contributed by atoms with van der Waals surface area (Å²) in [6.45, 7) is 1.79. The lowest BCUT2D eigenvalue weighted by atomic mass is 10.2. The number of nitrogens with zero attached hydrogens (tertiary/aromatic N) is 1. The summed E-state index contributed by atoms with van der Waals surface area (Å²) in [5, 5.41) is 5.21. The minimum absolute atomic E-state index is 0.304. The van der Waals surface area contributed by atoms with Gasteiger partial charge >= 0.3 is 0 Å². The second-order valence-corrected chi connectivity index (χ2v) is 6.97. The number of benzene rings is 2. The number of hydrogen-bond donors (Lipinski definition) is 1. The molecule has 24 heavy (non-hydrogen) atoms. The van der Waals surface area contributed by atoms with Crippen LogP contribution < -0.4 is 14.8 Å². The van der Waals surface area contributed by atoms with Crippen molar-refractivity contribution in [1.29, 1.82) is 0 Å². The Hall–Kier alpha value is -2.08. The van der Waals surface area contributed by atoms with Gasteiger partial charge in [0.2, 0.25) is 6.79 Å². The molecular weight excluding hydrogens is 344 g/mol. The number of rotatable bonds is 5. The lowest BCUT2D eigenvalue weighted by Crippen LogP contribution is -2.12. The van der Waals surface area contributed by atoms with Gasteiger partial charge in [-0.2, -0.15) is 0 Å². The van der Waals surface area contributed by atoms with E-state index in [0.29, 0.717) is 6.79 Å². The van der Waals surface area contributed by atoms with Crippen LogP contribution in [-0.2, 0) is 13.1 Å². The Morgan fingerprint density at radius 1 is 1.04 bits per heavy atom. The zero-order chi connectivity index (χ0) is 16.4. The van der Waals surface area contributed by atoms with E-state index in [9.17, 15) is 0 Å². The number of nitrogens with one attached hydrogen (secondary N) is 1. The third-order valence-corrected chi connectivity index (χ3v) is 5.02. The maximum absolute atomic E-state index is 5.93. The van der Waals surface area contributed by atoms with Crippen LogP contribution in [0.15, 0.2) is 48.7 Å². The van der Waals surface area contributed by atoms with Gasteiger partial charge in [0.05, 0.1) is 4.88 Å². The molecule has 0 saturated heterocycles. The molecule has 1 aliphatic rings. The Kier molecular flexibility index (Phi) is 4.38. The molecule has 0 radical (unpaired) electrons. The lowest BCUT2D eigenvalue weighted by Gasteiger charge is -2.04. The van der Waals surface area contributed by atoms with Crippen molar-refractivity contribution in [2.24, 2.45) is 0 Å².